The van der Waals surface area contributed by atoms with Crippen LogP contribution < -0.4 is 10.2 Å². The highest BCUT2D eigenvalue weighted by atomic mass is 15.1. The minimum Gasteiger partial charge on any atom is -0.372 e. The quantitative estimate of drug-likeness (QED) is 0.605. The van der Waals surface area contributed by atoms with Gasteiger partial charge in [-0.05, 0) is 50.9 Å². The summed E-state index contributed by atoms with van der Waals surface area (Å²) in [5, 5.41) is 3.47. The summed E-state index contributed by atoms with van der Waals surface area (Å²) in [6.07, 6.45) is 6.32. The molecule has 108 valence electrons. The standard InChI is InChI=1S/C17H30N2/c1-3-5-15-19(17-11-7-6-8-12-17)16-10-9-14-18-13-4-2/h6-8,11-12,18H,3-5,9-10,13-16H2,1-2H3. The van der Waals surface area contributed by atoms with Gasteiger partial charge in [-0.15, -0.1) is 0 Å². The molecule has 1 aromatic carbocycles. The minimum absolute atomic E-state index is 1.15. The fourth-order valence-electron chi connectivity index (χ4n) is 2.21. The van der Waals surface area contributed by atoms with Crippen molar-refractivity contribution in [3.8, 4) is 0 Å². The van der Waals surface area contributed by atoms with Gasteiger partial charge in [-0.25, -0.2) is 0 Å². The van der Waals surface area contributed by atoms with Gasteiger partial charge in [0, 0.05) is 18.8 Å². The number of unbranched alkanes of at least 4 members (excludes halogenated alkanes) is 2. The van der Waals surface area contributed by atoms with Crippen molar-refractivity contribution in [2.45, 2.75) is 46.0 Å². The van der Waals surface area contributed by atoms with E-state index in [-0.39, 0.29) is 0 Å². The van der Waals surface area contributed by atoms with Gasteiger partial charge in [0.1, 0.15) is 0 Å². The van der Waals surface area contributed by atoms with Crippen LogP contribution in [-0.4, -0.2) is 26.2 Å². The zero-order valence-electron chi connectivity index (χ0n) is 12.7. The van der Waals surface area contributed by atoms with Gasteiger partial charge in [-0.1, -0.05) is 38.5 Å². The summed E-state index contributed by atoms with van der Waals surface area (Å²) in [6, 6.07) is 10.8. The van der Waals surface area contributed by atoms with Gasteiger partial charge < -0.3 is 10.2 Å². The van der Waals surface area contributed by atoms with Crippen molar-refractivity contribution < 1.29 is 0 Å². The highest BCUT2D eigenvalue weighted by Crippen LogP contribution is 2.14. The number of para-hydroxylation sites is 1. The average molecular weight is 262 g/mol. The SMILES string of the molecule is CCCCN(CCCCNCCC)c1ccccc1. The molecule has 0 saturated heterocycles. The fraction of sp³-hybridized carbons (Fsp3) is 0.647. The maximum atomic E-state index is 3.47. The number of hydrogen-bond acceptors (Lipinski definition) is 2. The molecule has 0 saturated carbocycles. The molecule has 1 N–H and O–H groups in total. The zero-order valence-corrected chi connectivity index (χ0v) is 12.7. The molecule has 0 aliphatic carbocycles. The molecule has 0 amide bonds. The van der Waals surface area contributed by atoms with Gasteiger partial charge in [0.25, 0.3) is 0 Å². The first-order valence-corrected chi connectivity index (χ1v) is 7.89. The Morgan fingerprint density at radius 1 is 0.842 bits per heavy atom. The Kier molecular flexibility index (Phi) is 9.17. The highest BCUT2D eigenvalue weighted by Gasteiger charge is 2.04. The van der Waals surface area contributed by atoms with E-state index in [2.05, 4.69) is 54.4 Å². The van der Waals surface area contributed by atoms with Gasteiger partial charge in [-0.3, -0.25) is 0 Å². The molecule has 1 aromatic rings. The molecule has 0 bridgehead atoms. The molecule has 0 aromatic heterocycles. The van der Waals surface area contributed by atoms with E-state index < -0.39 is 0 Å². The second-order valence-corrected chi connectivity index (χ2v) is 5.13. The van der Waals surface area contributed by atoms with Crippen LogP contribution in [0.5, 0.6) is 0 Å². The van der Waals surface area contributed by atoms with Crippen LogP contribution in [-0.2, 0) is 0 Å². The van der Waals surface area contributed by atoms with Crippen LogP contribution in [0.4, 0.5) is 5.69 Å². The molecule has 0 atom stereocenters. The molecule has 0 fully saturated rings. The Hall–Kier alpha value is -1.02. The third kappa shape index (κ3) is 7.22. The lowest BCUT2D eigenvalue weighted by Crippen LogP contribution is -2.26. The van der Waals surface area contributed by atoms with Gasteiger partial charge >= 0.3 is 0 Å². The summed E-state index contributed by atoms with van der Waals surface area (Å²) in [6.45, 7) is 9.15. The summed E-state index contributed by atoms with van der Waals surface area (Å²) in [5.41, 5.74) is 1.37. The molecule has 1 rings (SSSR count). The topological polar surface area (TPSA) is 15.3 Å². The van der Waals surface area contributed by atoms with Crippen LogP contribution >= 0.6 is 0 Å². The number of nitrogens with one attached hydrogen (secondary N) is 1. The lowest BCUT2D eigenvalue weighted by atomic mass is 10.2. The number of benzene rings is 1. The van der Waals surface area contributed by atoms with Gasteiger partial charge in [0.15, 0.2) is 0 Å². The van der Waals surface area contributed by atoms with Crippen molar-refractivity contribution in [3.05, 3.63) is 30.3 Å². The van der Waals surface area contributed by atoms with E-state index in [9.17, 15) is 0 Å². The fourth-order valence-corrected chi connectivity index (χ4v) is 2.21. The third-order valence-electron chi connectivity index (χ3n) is 3.36. The first-order chi connectivity index (χ1) is 9.38. The molecular formula is C17H30N2. The van der Waals surface area contributed by atoms with Crippen molar-refractivity contribution in [2.75, 3.05) is 31.1 Å². The van der Waals surface area contributed by atoms with Crippen molar-refractivity contribution in [2.24, 2.45) is 0 Å². The summed E-state index contributed by atoms with van der Waals surface area (Å²) < 4.78 is 0. The Labute approximate surface area is 119 Å². The summed E-state index contributed by atoms with van der Waals surface area (Å²) in [4.78, 5) is 2.53. The first-order valence-electron chi connectivity index (χ1n) is 7.89. The largest absolute Gasteiger partial charge is 0.372 e. The maximum Gasteiger partial charge on any atom is 0.0366 e. The molecular weight excluding hydrogens is 232 g/mol. The second-order valence-electron chi connectivity index (χ2n) is 5.13. The molecule has 0 radical (unpaired) electrons. The Bertz CT molecular complexity index is 297. The smallest absolute Gasteiger partial charge is 0.0366 e. The van der Waals surface area contributed by atoms with E-state index in [0.717, 1.165) is 13.1 Å². The molecule has 2 nitrogen and oxygen atoms in total. The van der Waals surface area contributed by atoms with Crippen molar-refractivity contribution in [3.63, 3.8) is 0 Å². The van der Waals surface area contributed by atoms with Crippen LogP contribution in [0, 0.1) is 0 Å². The minimum atomic E-state index is 1.15. The molecule has 0 unspecified atom stereocenters. The molecule has 0 aliphatic rings. The predicted molar refractivity (Wildman–Crippen MR) is 86.0 cm³/mol. The Balaban J connectivity index is 2.30. The van der Waals surface area contributed by atoms with Gasteiger partial charge in [0.05, 0.1) is 0 Å². The van der Waals surface area contributed by atoms with Crippen LogP contribution in [0.15, 0.2) is 30.3 Å². The molecule has 0 spiro atoms. The van der Waals surface area contributed by atoms with E-state index in [1.165, 1.54) is 50.9 Å². The van der Waals surface area contributed by atoms with Crippen molar-refractivity contribution in [1.82, 2.24) is 5.32 Å². The van der Waals surface area contributed by atoms with Crippen molar-refractivity contribution in [1.29, 1.82) is 0 Å². The van der Waals surface area contributed by atoms with Crippen LogP contribution in [0.3, 0.4) is 0 Å². The summed E-state index contributed by atoms with van der Waals surface area (Å²) in [7, 11) is 0. The van der Waals surface area contributed by atoms with E-state index in [0.29, 0.717) is 0 Å². The molecule has 0 aliphatic heterocycles. The first kappa shape index (κ1) is 16.0. The normalized spacial score (nSPS) is 10.6. The molecule has 0 heterocycles. The number of nitrogens with zero attached hydrogens (tertiary/aromatic N) is 1. The summed E-state index contributed by atoms with van der Waals surface area (Å²) in [5.74, 6) is 0. The zero-order chi connectivity index (χ0) is 13.8. The third-order valence-corrected chi connectivity index (χ3v) is 3.36. The van der Waals surface area contributed by atoms with Crippen LogP contribution in [0.1, 0.15) is 46.0 Å². The van der Waals surface area contributed by atoms with Gasteiger partial charge in [-0.2, -0.15) is 0 Å². The highest BCUT2D eigenvalue weighted by molar-refractivity contribution is 5.45. The monoisotopic (exact) mass is 262 g/mol. The predicted octanol–water partition coefficient (Wildman–Crippen LogP) is 4.07. The van der Waals surface area contributed by atoms with Gasteiger partial charge in [0.2, 0.25) is 0 Å². The van der Waals surface area contributed by atoms with E-state index in [4.69, 9.17) is 0 Å². The lowest BCUT2D eigenvalue weighted by Gasteiger charge is -2.24. The Morgan fingerprint density at radius 2 is 1.58 bits per heavy atom. The van der Waals surface area contributed by atoms with E-state index >= 15 is 0 Å². The molecule has 2 heteroatoms. The van der Waals surface area contributed by atoms with E-state index in [1.54, 1.807) is 0 Å². The number of anilines is 1. The second kappa shape index (κ2) is 10.9. The lowest BCUT2D eigenvalue weighted by molar-refractivity contribution is 0.602. The summed E-state index contributed by atoms with van der Waals surface area (Å²) >= 11 is 0. The van der Waals surface area contributed by atoms with E-state index in [1.807, 2.05) is 0 Å². The Morgan fingerprint density at radius 3 is 2.26 bits per heavy atom. The maximum absolute atomic E-state index is 3.47. The number of rotatable bonds is 11. The van der Waals surface area contributed by atoms with Crippen LogP contribution in [0.25, 0.3) is 0 Å². The molecule has 19 heavy (non-hydrogen) atoms. The average Bonchev–Trinajstić information content (AvgIpc) is 2.46. The van der Waals surface area contributed by atoms with Crippen LogP contribution in [0.2, 0.25) is 0 Å². The van der Waals surface area contributed by atoms with Crippen molar-refractivity contribution >= 4 is 5.69 Å². The number of hydrogen-bond donors (Lipinski definition) is 1.